The van der Waals surface area contributed by atoms with Gasteiger partial charge in [-0.15, -0.1) is 0 Å². The highest BCUT2D eigenvalue weighted by Gasteiger charge is 2.28. The molecule has 0 spiro atoms. The molecule has 1 heterocycles. The van der Waals surface area contributed by atoms with Gasteiger partial charge < -0.3 is 5.32 Å². The Kier molecular flexibility index (Phi) is 3.05. The van der Waals surface area contributed by atoms with E-state index in [0.717, 1.165) is 24.6 Å². The van der Waals surface area contributed by atoms with E-state index in [9.17, 15) is 0 Å². The lowest BCUT2D eigenvalue weighted by atomic mass is 10.3. The fourth-order valence-corrected chi connectivity index (χ4v) is 1.64. The molecule has 84 valence electrons. The summed E-state index contributed by atoms with van der Waals surface area (Å²) >= 11 is 0. The number of aromatic nitrogens is 3. The number of hydrogen-bond donors (Lipinski definition) is 1. The van der Waals surface area contributed by atoms with Crippen LogP contribution in [-0.4, -0.2) is 27.4 Å². The fraction of sp³-hybridized carbons (Fsp3) is 0.818. The SMILES string of the molecule is CC(C)NCCc1nc(C2CC2)nn1C. The molecule has 1 aliphatic carbocycles. The summed E-state index contributed by atoms with van der Waals surface area (Å²) in [5.41, 5.74) is 0. The molecule has 0 amide bonds. The average Bonchev–Trinajstić information content (AvgIpc) is 2.93. The summed E-state index contributed by atoms with van der Waals surface area (Å²) in [5.74, 6) is 2.81. The third-order valence-electron chi connectivity index (χ3n) is 2.71. The predicted octanol–water partition coefficient (Wildman–Crippen LogP) is 1.23. The van der Waals surface area contributed by atoms with E-state index < -0.39 is 0 Å². The standard InChI is InChI=1S/C11H20N4/c1-8(2)12-7-6-10-13-11(9-4-5-9)14-15(10)3/h8-9,12H,4-7H2,1-3H3. The van der Waals surface area contributed by atoms with Crippen LogP contribution < -0.4 is 5.32 Å². The van der Waals surface area contributed by atoms with Gasteiger partial charge in [-0.25, -0.2) is 4.98 Å². The maximum absolute atomic E-state index is 4.58. The van der Waals surface area contributed by atoms with Crippen LogP contribution in [0.3, 0.4) is 0 Å². The Morgan fingerprint density at radius 1 is 1.47 bits per heavy atom. The summed E-state index contributed by atoms with van der Waals surface area (Å²) in [5, 5.41) is 7.84. The lowest BCUT2D eigenvalue weighted by Gasteiger charge is -2.06. The lowest BCUT2D eigenvalue weighted by Crippen LogP contribution is -2.25. The van der Waals surface area contributed by atoms with E-state index >= 15 is 0 Å². The molecule has 1 N–H and O–H groups in total. The minimum Gasteiger partial charge on any atom is -0.314 e. The summed E-state index contributed by atoms with van der Waals surface area (Å²) in [4.78, 5) is 4.58. The summed E-state index contributed by atoms with van der Waals surface area (Å²) in [6, 6.07) is 0.543. The zero-order chi connectivity index (χ0) is 10.8. The Morgan fingerprint density at radius 2 is 2.20 bits per heavy atom. The molecule has 0 bridgehead atoms. The third kappa shape index (κ3) is 2.78. The first-order valence-corrected chi connectivity index (χ1v) is 5.80. The van der Waals surface area contributed by atoms with Crippen molar-refractivity contribution in [3.05, 3.63) is 11.6 Å². The van der Waals surface area contributed by atoms with E-state index in [-0.39, 0.29) is 0 Å². The molecule has 0 atom stereocenters. The molecule has 0 saturated heterocycles. The Morgan fingerprint density at radius 3 is 2.80 bits per heavy atom. The van der Waals surface area contributed by atoms with Crippen molar-refractivity contribution in [2.45, 2.75) is 45.1 Å². The average molecular weight is 208 g/mol. The normalized spacial score (nSPS) is 16.3. The van der Waals surface area contributed by atoms with E-state index in [1.807, 2.05) is 11.7 Å². The molecule has 1 aromatic heterocycles. The molecular weight excluding hydrogens is 188 g/mol. The largest absolute Gasteiger partial charge is 0.314 e. The van der Waals surface area contributed by atoms with Crippen LogP contribution in [0, 0.1) is 0 Å². The minimum absolute atomic E-state index is 0.543. The van der Waals surface area contributed by atoms with Gasteiger partial charge in [0.05, 0.1) is 0 Å². The van der Waals surface area contributed by atoms with Crippen LogP contribution in [0.2, 0.25) is 0 Å². The molecule has 0 unspecified atom stereocenters. The molecule has 2 rings (SSSR count). The van der Waals surface area contributed by atoms with Crippen molar-refractivity contribution in [3.8, 4) is 0 Å². The van der Waals surface area contributed by atoms with Gasteiger partial charge in [0.2, 0.25) is 0 Å². The number of nitrogens with one attached hydrogen (secondary N) is 1. The van der Waals surface area contributed by atoms with E-state index in [2.05, 4.69) is 29.2 Å². The predicted molar refractivity (Wildman–Crippen MR) is 59.8 cm³/mol. The van der Waals surface area contributed by atoms with Gasteiger partial charge in [-0.1, -0.05) is 13.8 Å². The Labute approximate surface area is 91.1 Å². The van der Waals surface area contributed by atoms with E-state index in [0.29, 0.717) is 12.0 Å². The lowest BCUT2D eigenvalue weighted by molar-refractivity contribution is 0.571. The maximum atomic E-state index is 4.58. The first-order chi connectivity index (χ1) is 7.16. The number of rotatable bonds is 5. The maximum Gasteiger partial charge on any atom is 0.154 e. The van der Waals surface area contributed by atoms with Crippen LogP contribution in [0.25, 0.3) is 0 Å². The molecule has 1 fully saturated rings. The van der Waals surface area contributed by atoms with E-state index in [1.54, 1.807) is 0 Å². The van der Waals surface area contributed by atoms with Crippen molar-refractivity contribution in [3.63, 3.8) is 0 Å². The number of hydrogen-bond acceptors (Lipinski definition) is 3. The van der Waals surface area contributed by atoms with E-state index in [1.165, 1.54) is 12.8 Å². The molecule has 1 saturated carbocycles. The first-order valence-electron chi connectivity index (χ1n) is 5.80. The van der Waals surface area contributed by atoms with Crippen LogP contribution >= 0.6 is 0 Å². The summed E-state index contributed by atoms with van der Waals surface area (Å²) in [7, 11) is 1.99. The molecule has 4 nitrogen and oxygen atoms in total. The van der Waals surface area contributed by atoms with Gasteiger partial charge in [-0.3, -0.25) is 4.68 Å². The van der Waals surface area contributed by atoms with Crippen molar-refractivity contribution < 1.29 is 0 Å². The van der Waals surface area contributed by atoms with Gasteiger partial charge in [0.15, 0.2) is 5.82 Å². The highest BCUT2D eigenvalue weighted by molar-refractivity contribution is 5.06. The summed E-state index contributed by atoms with van der Waals surface area (Å²) in [6.45, 7) is 5.30. The van der Waals surface area contributed by atoms with Gasteiger partial charge >= 0.3 is 0 Å². The summed E-state index contributed by atoms with van der Waals surface area (Å²) in [6.07, 6.45) is 3.51. The monoisotopic (exact) mass is 208 g/mol. The third-order valence-corrected chi connectivity index (χ3v) is 2.71. The molecule has 15 heavy (non-hydrogen) atoms. The van der Waals surface area contributed by atoms with Crippen LogP contribution in [0.4, 0.5) is 0 Å². The van der Waals surface area contributed by atoms with Crippen molar-refractivity contribution in [2.24, 2.45) is 7.05 Å². The second-order valence-electron chi connectivity index (χ2n) is 4.64. The minimum atomic E-state index is 0.543. The van der Waals surface area contributed by atoms with Crippen LogP contribution in [0.5, 0.6) is 0 Å². The van der Waals surface area contributed by atoms with Gasteiger partial charge in [-0.05, 0) is 12.8 Å². The van der Waals surface area contributed by atoms with Crippen molar-refractivity contribution in [1.29, 1.82) is 0 Å². The fourth-order valence-electron chi connectivity index (χ4n) is 1.64. The zero-order valence-electron chi connectivity index (χ0n) is 9.82. The molecule has 0 radical (unpaired) electrons. The van der Waals surface area contributed by atoms with Crippen LogP contribution in [0.1, 0.15) is 44.3 Å². The topological polar surface area (TPSA) is 42.7 Å². The van der Waals surface area contributed by atoms with Crippen molar-refractivity contribution >= 4 is 0 Å². The second kappa shape index (κ2) is 4.31. The van der Waals surface area contributed by atoms with Crippen LogP contribution in [0.15, 0.2) is 0 Å². The molecular formula is C11H20N4. The molecule has 0 aliphatic heterocycles. The molecule has 1 aromatic rings. The number of nitrogens with zero attached hydrogens (tertiary/aromatic N) is 3. The Hall–Kier alpha value is -0.900. The van der Waals surface area contributed by atoms with Gasteiger partial charge in [0, 0.05) is 32.0 Å². The van der Waals surface area contributed by atoms with Crippen LogP contribution in [-0.2, 0) is 13.5 Å². The first kappa shape index (κ1) is 10.6. The Balaban J connectivity index is 1.89. The highest BCUT2D eigenvalue weighted by Crippen LogP contribution is 2.37. The van der Waals surface area contributed by atoms with Gasteiger partial charge in [0.1, 0.15) is 5.82 Å². The number of aryl methyl sites for hydroxylation is 1. The Bertz CT molecular complexity index is 325. The quantitative estimate of drug-likeness (QED) is 0.791. The zero-order valence-corrected chi connectivity index (χ0v) is 9.82. The smallest absolute Gasteiger partial charge is 0.154 e. The van der Waals surface area contributed by atoms with Crippen molar-refractivity contribution in [1.82, 2.24) is 20.1 Å². The molecule has 1 aliphatic rings. The van der Waals surface area contributed by atoms with E-state index in [4.69, 9.17) is 0 Å². The van der Waals surface area contributed by atoms with Crippen molar-refractivity contribution in [2.75, 3.05) is 6.54 Å². The van der Waals surface area contributed by atoms with Gasteiger partial charge in [0.25, 0.3) is 0 Å². The molecule has 0 aromatic carbocycles. The second-order valence-corrected chi connectivity index (χ2v) is 4.64. The molecule has 4 heteroatoms. The highest BCUT2D eigenvalue weighted by atomic mass is 15.3. The van der Waals surface area contributed by atoms with Gasteiger partial charge in [-0.2, -0.15) is 5.10 Å². The summed E-state index contributed by atoms with van der Waals surface area (Å²) < 4.78 is 1.93.